The van der Waals surface area contributed by atoms with Crippen molar-refractivity contribution in [2.75, 3.05) is 46.5 Å². The molecule has 0 radical (unpaired) electrons. The van der Waals surface area contributed by atoms with Gasteiger partial charge in [-0.05, 0) is 48.4 Å². The van der Waals surface area contributed by atoms with Crippen LogP contribution in [0.3, 0.4) is 0 Å². The van der Waals surface area contributed by atoms with Crippen molar-refractivity contribution in [3.63, 3.8) is 0 Å². The Labute approximate surface area is 208 Å². The lowest BCUT2D eigenvalue weighted by molar-refractivity contribution is -0.140. The Hall–Kier alpha value is -2.58. The van der Waals surface area contributed by atoms with Crippen LogP contribution in [0.15, 0.2) is 48.0 Å². The molecule has 180 valence electrons. The molecular formula is C25H26Cl2N2O5. The van der Waals surface area contributed by atoms with Crippen LogP contribution in [0, 0.1) is 0 Å². The molecule has 1 atom stereocenters. The number of carbonyl (C=O) groups excluding carboxylic acids is 2. The molecule has 2 fully saturated rings. The summed E-state index contributed by atoms with van der Waals surface area (Å²) >= 11 is 12.4. The van der Waals surface area contributed by atoms with Gasteiger partial charge in [0.05, 0.1) is 42.0 Å². The van der Waals surface area contributed by atoms with E-state index in [-0.39, 0.29) is 11.3 Å². The normalized spacial score (nSPS) is 20.7. The minimum Gasteiger partial charge on any atom is -0.507 e. The van der Waals surface area contributed by atoms with Gasteiger partial charge in [-0.3, -0.25) is 14.5 Å². The Morgan fingerprint density at radius 1 is 1.06 bits per heavy atom. The number of nitrogens with zero attached hydrogens (tertiary/aromatic N) is 2. The summed E-state index contributed by atoms with van der Waals surface area (Å²) in [7, 11) is 1.54. The fourth-order valence-corrected chi connectivity index (χ4v) is 4.64. The second kappa shape index (κ2) is 10.8. The maximum Gasteiger partial charge on any atom is 0.295 e. The monoisotopic (exact) mass is 504 g/mol. The Balaban J connectivity index is 1.69. The summed E-state index contributed by atoms with van der Waals surface area (Å²) < 4.78 is 10.6. The fourth-order valence-electron chi connectivity index (χ4n) is 4.33. The summed E-state index contributed by atoms with van der Waals surface area (Å²) in [5, 5.41) is 11.8. The van der Waals surface area contributed by atoms with E-state index in [1.807, 2.05) is 0 Å². The van der Waals surface area contributed by atoms with Gasteiger partial charge in [-0.25, -0.2) is 0 Å². The number of carbonyl (C=O) groups is 2. The highest BCUT2D eigenvalue weighted by molar-refractivity contribution is 6.46. The maximum atomic E-state index is 13.1. The van der Waals surface area contributed by atoms with Gasteiger partial charge in [0.1, 0.15) is 11.5 Å². The Kier molecular flexibility index (Phi) is 7.78. The summed E-state index contributed by atoms with van der Waals surface area (Å²) in [5.41, 5.74) is 1.05. The molecule has 1 amide bonds. The zero-order chi connectivity index (χ0) is 24.2. The minimum atomic E-state index is -0.776. The third-order valence-corrected chi connectivity index (χ3v) is 6.88. The molecule has 2 aliphatic rings. The van der Waals surface area contributed by atoms with Gasteiger partial charge >= 0.3 is 0 Å². The first-order valence-corrected chi connectivity index (χ1v) is 11.8. The molecule has 0 saturated carbocycles. The average molecular weight is 505 g/mol. The molecule has 0 spiro atoms. The molecule has 2 aliphatic heterocycles. The van der Waals surface area contributed by atoms with Crippen molar-refractivity contribution in [2.45, 2.75) is 12.5 Å². The molecule has 1 N–H and O–H groups in total. The van der Waals surface area contributed by atoms with E-state index >= 15 is 0 Å². The first kappa shape index (κ1) is 24.5. The summed E-state index contributed by atoms with van der Waals surface area (Å²) in [6.07, 6.45) is 0.674. The smallest absolute Gasteiger partial charge is 0.295 e. The van der Waals surface area contributed by atoms with Crippen LogP contribution in [0.4, 0.5) is 0 Å². The van der Waals surface area contributed by atoms with Crippen LogP contribution >= 0.6 is 23.2 Å². The predicted octanol–water partition coefficient (Wildman–Crippen LogP) is 4.15. The zero-order valence-electron chi connectivity index (χ0n) is 18.8. The Morgan fingerprint density at radius 3 is 2.41 bits per heavy atom. The lowest BCUT2D eigenvalue weighted by Gasteiger charge is -2.29. The van der Waals surface area contributed by atoms with Crippen LogP contribution in [-0.2, 0) is 14.3 Å². The van der Waals surface area contributed by atoms with Crippen LogP contribution < -0.4 is 4.74 Å². The lowest BCUT2D eigenvalue weighted by Crippen LogP contribution is -2.38. The molecule has 0 bridgehead atoms. The summed E-state index contributed by atoms with van der Waals surface area (Å²) in [4.78, 5) is 30.0. The molecule has 0 aromatic heterocycles. The highest BCUT2D eigenvalue weighted by Crippen LogP contribution is 2.41. The Bertz CT molecular complexity index is 1100. The second-order valence-electron chi connectivity index (χ2n) is 8.20. The number of hydrogen-bond donors (Lipinski definition) is 1. The maximum absolute atomic E-state index is 13.1. The number of hydrogen-bond acceptors (Lipinski definition) is 6. The molecule has 2 saturated heterocycles. The second-order valence-corrected chi connectivity index (χ2v) is 9.02. The van der Waals surface area contributed by atoms with Crippen molar-refractivity contribution < 1.29 is 24.2 Å². The summed E-state index contributed by atoms with van der Waals surface area (Å²) in [6.45, 7) is 4.19. The molecule has 0 unspecified atom stereocenters. The number of amides is 1. The first-order chi connectivity index (χ1) is 16.4. The minimum absolute atomic E-state index is 0.0277. The zero-order valence-corrected chi connectivity index (χ0v) is 20.3. The molecular weight excluding hydrogens is 479 g/mol. The van der Waals surface area contributed by atoms with Crippen molar-refractivity contribution >= 4 is 40.7 Å². The van der Waals surface area contributed by atoms with E-state index in [1.165, 1.54) is 4.90 Å². The van der Waals surface area contributed by atoms with E-state index in [2.05, 4.69) is 4.90 Å². The SMILES string of the molecule is COc1ccc(C(O)=C2C(=O)C(=O)N(CCCN3CCOCC3)[C@@H]2c2ccc(Cl)c(Cl)c2)cc1. The predicted molar refractivity (Wildman–Crippen MR) is 130 cm³/mol. The van der Waals surface area contributed by atoms with Gasteiger partial charge < -0.3 is 19.5 Å². The van der Waals surface area contributed by atoms with Crippen LogP contribution in [0.5, 0.6) is 5.75 Å². The van der Waals surface area contributed by atoms with Gasteiger partial charge in [-0.2, -0.15) is 0 Å². The molecule has 0 aliphatic carbocycles. The van der Waals surface area contributed by atoms with Crippen molar-refractivity contribution in [2.24, 2.45) is 0 Å². The van der Waals surface area contributed by atoms with Gasteiger partial charge in [0.25, 0.3) is 11.7 Å². The number of halogens is 2. The summed E-state index contributed by atoms with van der Waals surface area (Å²) in [5.74, 6) is -1.00. The highest BCUT2D eigenvalue weighted by atomic mass is 35.5. The van der Waals surface area contributed by atoms with E-state index in [9.17, 15) is 14.7 Å². The number of benzene rings is 2. The van der Waals surface area contributed by atoms with E-state index in [4.69, 9.17) is 32.7 Å². The van der Waals surface area contributed by atoms with Crippen LogP contribution in [0.25, 0.3) is 5.76 Å². The quantitative estimate of drug-likeness (QED) is 0.346. The number of ketones is 1. The van der Waals surface area contributed by atoms with Gasteiger partial charge in [-0.1, -0.05) is 29.3 Å². The lowest BCUT2D eigenvalue weighted by atomic mass is 9.95. The highest BCUT2D eigenvalue weighted by Gasteiger charge is 2.46. The van der Waals surface area contributed by atoms with Crippen LogP contribution in [0.2, 0.25) is 10.0 Å². The van der Waals surface area contributed by atoms with Crippen molar-refractivity contribution in [1.29, 1.82) is 0 Å². The van der Waals surface area contributed by atoms with Crippen LogP contribution in [0.1, 0.15) is 23.6 Å². The van der Waals surface area contributed by atoms with E-state index < -0.39 is 17.7 Å². The number of rotatable bonds is 7. The Morgan fingerprint density at radius 2 is 1.76 bits per heavy atom. The number of likely N-dealkylation sites (tertiary alicyclic amines) is 1. The van der Waals surface area contributed by atoms with Gasteiger partial charge in [0.2, 0.25) is 0 Å². The average Bonchev–Trinajstić information content (AvgIpc) is 3.11. The first-order valence-electron chi connectivity index (χ1n) is 11.1. The van der Waals surface area contributed by atoms with Crippen molar-refractivity contribution in [1.82, 2.24) is 9.80 Å². The molecule has 4 rings (SSSR count). The number of ether oxygens (including phenoxy) is 2. The van der Waals surface area contributed by atoms with Crippen molar-refractivity contribution in [3.05, 3.63) is 69.2 Å². The number of aliphatic hydroxyl groups is 1. The van der Waals surface area contributed by atoms with Gasteiger partial charge in [-0.15, -0.1) is 0 Å². The molecule has 2 aromatic carbocycles. The molecule has 9 heteroatoms. The molecule has 2 aromatic rings. The van der Waals surface area contributed by atoms with E-state index in [1.54, 1.807) is 49.6 Å². The largest absolute Gasteiger partial charge is 0.507 e. The molecule has 2 heterocycles. The number of methoxy groups -OCH3 is 1. The number of aliphatic hydroxyl groups excluding tert-OH is 1. The standard InChI is InChI=1S/C25H26Cl2N2O5/c1-33-18-6-3-16(4-7-18)23(30)21-22(17-5-8-19(26)20(27)15-17)29(25(32)24(21)31)10-2-9-28-11-13-34-14-12-28/h3-8,15,22,30H,2,9-14H2,1H3/t22-/m1/s1. The topological polar surface area (TPSA) is 79.3 Å². The molecule has 34 heavy (non-hydrogen) atoms. The van der Waals surface area contributed by atoms with Gasteiger partial charge in [0.15, 0.2) is 0 Å². The number of morpholine rings is 1. The third kappa shape index (κ3) is 5.08. The van der Waals surface area contributed by atoms with Crippen molar-refractivity contribution in [3.8, 4) is 5.75 Å². The third-order valence-electron chi connectivity index (χ3n) is 6.14. The van der Waals surface area contributed by atoms with Crippen LogP contribution in [-0.4, -0.2) is 73.1 Å². The number of Topliss-reactive ketones (excluding diaryl/α,β-unsaturated/α-hetero) is 1. The molecule has 7 nitrogen and oxygen atoms in total. The van der Waals surface area contributed by atoms with Gasteiger partial charge in [0, 0.05) is 31.7 Å². The van der Waals surface area contributed by atoms with E-state index in [0.29, 0.717) is 53.1 Å². The van der Waals surface area contributed by atoms with E-state index in [0.717, 1.165) is 19.6 Å². The summed E-state index contributed by atoms with van der Waals surface area (Å²) in [6, 6.07) is 10.9. The fraction of sp³-hybridized carbons (Fsp3) is 0.360.